The molecule has 0 radical (unpaired) electrons. The molecule has 0 aliphatic heterocycles. The van der Waals surface area contributed by atoms with Crippen LogP contribution in [-0.4, -0.2) is 35.4 Å². The fourth-order valence-corrected chi connectivity index (χ4v) is 2.66. The zero-order chi connectivity index (χ0) is 19.3. The Kier molecular flexibility index (Phi) is 7.12. The van der Waals surface area contributed by atoms with Crippen LogP contribution in [0.1, 0.15) is 16.8 Å². The first-order valence-corrected chi connectivity index (χ1v) is 8.66. The number of primary amides is 1. The molecule has 0 fully saturated rings. The molecule has 9 heteroatoms. The largest absolute Gasteiger partial charge is 0.490 e. The fourth-order valence-electron chi connectivity index (χ4n) is 2.20. The molecule has 0 unspecified atom stereocenters. The number of benzene rings is 2. The van der Waals surface area contributed by atoms with E-state index in [1.807, 2.05) is 22.6 Å². The Morgan fingerprint density at radius 3 is 2.62 bits per heavy atom. The van der Waals surface area contributed by atoms with E-state index in [1.54, 1.807) is 6.07 Å². The van der Waals surface area contributed by atoms with Crippen LogP contribution in [-0.2, 0) is 0 Å². The van der Waals surface area contributed by atoms with E-state index < -0.39 is 23.6 Å². The van der Waals surface area contributed by atoms with Crippen LogP contribution in [0.5, 0.6) is 5.75 Å². The molecule has 0 saturated heterocycles. The quantitative estimate of drug-likeness (QED) is 0.437. The molecule has 26 heavy (non-hydrogen) atoms. The number of amides is 1. The third-order valence-electron chi connectivity index (χ3n) is 3.41. The first kappa shape index (κ1) is 20.3. The number of carbonyl (C=O) groups is 1. The standard InChI is InChI=1S/C17H17F2IN2O4/c18-9-5-14(22-13-2-1-10(20)7-12(13)19)16(17(21)25)15(6-9)26-8-11(24)3-4-23/h1-2,5-7,11,22-24H,3-4,8H2,(H2,21,25)/t11-/m1/s1. The van der Waals surface area contributed by atoms with E-state index in [0.717, 1.165) is 12.1 Å². The SMILES string of the molecule is NC(=O)c1c(Nc2ccc(I)cc2F)cc(F)cc1OC[C@H](O)CCO. The van der Waals surface area contributed by atoms with Gasteiger partial charge < -0.3 is 26.0 Å². The van der Waals surface area contributed by atoms with Crippen molar-refractivity contribution in [2.75, 3.05) is 18.5 Å². The Labute approximate surface area is 162 Å². The number of anilines is 2. The van der Waals surface area contributed by atoms with Gasteiger partial charge in [0.05, 0.1) is 17.5 Å². The topological polar surface area (TPSA) is 105 Å². The van der Waals surface area contributed by atoms with Crippen LogP contribution >= 0.6 is 22.6 Å². The van der Waals surface area contributed by atoms with Crippen LogP contribution in [0.3, 0.4) is 0 Å². The van der Waals surface area contributed by atoms with Gasteiger partial charge in [-0.3, -0.25) is 4.79 Å². The summed E-state index contributed by atoms with van der Waals surface area (Å²) in [6.07, 6.45) is -0.950. The van der Waals surface area contributed by atoms with Crippen molar-refractivity contribution in [2.45, 2.75) is 12.5 Å². The maximum absolute atomic E-state index is 14.0. The predicted octanol–water partition coefficient (Wildman–Crippen LogP) is 2.53. The number of carbonyl (C=O) groups excluding carboxylic acids is 1. The monoisotopic (exact) mass is 478 g/mol. The summed E-state index contributed by atoms with van der Waals surface area (Å²) in [6.45, 7) is -0.531. The molecule has 0 aliphatic rings. The summed E-state index contributed by atoms with van der Waals surface area (Å²) in [6, 6.07) is 6.29. The minimum atomic E-state index is -1.01. The normalized spacial score (nSPS) is 11.9. The van der Waals surface area contributed by atoms with Gasteiger partial charge in [0.2, 0.25) is 0 Å². The Bertz CT molecular complexity index is 805. The number of halogens is 3. The third kappa shape index (κ3) is 5.26. The van der Waals surface area contributed by atoms with Crippen LogP contribution in [0.4, 0.5) is 20.2 Å². The molecule has 0 heterocycles. The second-order valence-corrected chi connectivity index (χ2v) is 6.66. The van der Waals surface area contributed by atoms with Crippen LogP contribution in [0.15, 0.2) is 30.3 Å². The molecule has 2 aromatic carbocycles. The second kappa shape index (κ2) is 9.10. The summed E-state index contributed by atoms with van der Waals surface area (Å²) in [5, 5.41) is 21.0. The fraction of sp³-hybridized carbons (Fsp3) is 0.235. The van der Waals surface area contributed by atoms with E-state index in [4.69, 9.17) is 15.6 Å². The first-order chi connectivity index (χ1) is 12.3. The number of aliphatic hydroxyl groups is 2. The average molecular weight is 478 g/mol. The Morgan fingerprint density at radius 2 is 2.00 bits per heavy atom. The molecule has 2 rings (SSSR count). The number of nitrogens with two attached hydrogens (primary N) is 1. The zero-order valence-corrected chi connectivity index (χ0v) is 15.7. The van der Waals surface area contributed by atoms with Crippen molar-refractivity contribution in [1.82, 2.24) is 0 Å². The summed E-state index contributed by atoms with van der Waals surface area (Å²) in [5.74, 6) is -2.43. The van der Waals surface area contributed by atoms with Gasteiger partial charge in [-0.1, -0.05) is 0 Å². The third-order valence-corrected chi connectivity index (χ3v) is 4.08. The predicted molar refractivity (Wildman–Crippen MR) is 101 cm³/mol. The van der Waals surface area contributed by atoms with Crippen molar-refractivity contribution < 1.29 is 28.5 Å². The van der Waals surface area contributed by atoms with Gasteiger partial charge in [-0.05, 0) is 53.3 Å². The van der Waals surface area contributed by atoms with Gasteiger partial charge in [0, 0.05) is 16.2 Å². The van der Waals surface area contributed by atoms with Crippen LogP contribution in [0.25, 0.3) is 0 Å². The minimum absolute atomic E-state index is 0.0322. The highest BCUT2D eigenvalue weighted by Gasteiger charge is 2.19. The maximum Gasteiger partial charge on any atom is 0.254 e. The molecule has 0 saturated carbocycles. The van der Waals surface area contributed by atoms with E-state index >= 15 is 0 Å². The van der Waals surface area contributed by atoms with Crippen molar-refractivity contribution in [2.24, 2.45) is 5.73 Å². The summed E-state index contributed by atoms with van der Waals surface area (Å²) in [4.78, 5) is 11.8. The zero-order valence-electron chi connectivity index (χ0n) is 13.5. The Hall–Kier alpha value is -1.98. The van der Waals surface area contributed by atoms with Gasteiger partial charge in [0.1, 0.15) is 29.6 Å². The molecule has 0 spiro atoms. The number of hydrogen-bond acceptors (Lipinski definition) is 5. The molecule has 140 valence electrons. The van der Waals surface area contributed by atoms with E-state index in [2.05, 4.69) is 5.32 Å². The molecule has 0 aromatic heterocycles. The molecule has 0 aliphatic carbocycles. The van der Waals surface area contributed by atoms with Crippen molar-refractivity contribution >= 4 is 39.9 Å². The Morgan fingerprint density at radius 1 is 1.27 bits per heavy atom. The summed E-state index contributed by atoms with van der Waals surface area (Å²) < 4.78 is 33.9. The number of rotatable bonds is 8. The van der Waals surface area contributed by atoms with Gasteiger partial charge in [-0.25, -0.2) is 8.78 Å². The molecule has 0 bridgehead atoms. The van der Waals surface area contributed by atoms with E-state index in [0.29, 0.717) is 3.57 Å². The van der Waals surface area contributed by atoms with E-state index in [9.17, 15) is 18.7 Å². The van der Waals surface area contributed by atoms with E-state index in [1.165, 1.54) is 12.1 Å². The van der Waals surface area contributed by atoms with Crippen LogP contribution in [0, 0.1) is 15.2 Å². The molecule has 6 nitrogen and oxygen atoms in total. The van der Waals surface area contributed by atoms with Gasteiger partial charge in [0.25, 0.3) is 5.91 Å². The highest BCUT2D eigenvalue weighted by atomic mass is 127. The van der Waals surface area contributed by atoms with Crippen molar-refractivity contribution in [3.05, 3.63) is 51.1 Å². The summed E-state index contributed by atoms with van der Waals surface area (Å²) in [7, 11) is 0. The highest BCUT2D eigenvalue weighted by Crippen LogP contribution is 2.31. The number of nitrogens with one attached hydrogen (secondary N) is 1. The van der Waals surface area contributed by atoms with Gasteiger partial charge in [-0.15, -0.1) is 0 Å². The number of ether oxygens (including phenoxy) is 1. The smallest absolute Gasteiger partial charge is 0.254 e. The molecular weight excluding hydrogens is 461 g/mol. The van der Waals surface area contributed by atoms with Gasteiger partial charge in [-0.2, -0.15) is 0 Å². The molecule has 5 N–H and O–H groups in total. The summed E-state index contributed by atoms with van der Waals surface area (Å²) in [5.41, 5.74) is 5.15. The second-order valence-electron chi connectivity index (χ2n) is 5.42. The lowest BCUT2D eigenvalue weighted by Crippen LogP contribution is -2.21. The number of aliphatic hydroxyl groups excluding tert-OH is 2. The van der Waals surface area contributed by atoms with Gasteiger partial charge >= 0.3 is 0 Å². The van der Waals surface area contributed by atoms with Crippen molar-refractivity contribution in [3.8, 4) is 5.75 Å². The molecule has 1 amide bonds. The number of hydrogen-bond donors (Lipinski definition) is 4. The lowest BCUT2D eigenvalue weighted by atomic mass is 10.1. The average Bonchev–Trinajstić information content (AvgIpc) is 2.55. The summed E-state index contributed by atoms with van der Waals surface area (Å²) >= 11 is 1.94. The lowest BCUT2D eigenvalue weighted by Gasteiger charge is -2.17. The van der Waals surface area contributed by atoms with Crippen LogP contribution in [0.2, 0.25) is 0 Å². The van der Waals surface area contributed by atoms with Crippen molar-refractivity contribution in [3.63, 3.8) is 0 Å². The maximum atomic E-state index is 14.0. The van der Waals surface area contributed by atoms with Crippen LogP contribution < -0.4 is 15.8 Å². The van der Waals surface area contributed by atoms with Gasteiger partial charge in [0.15, 0.2) is 0 Å². The molecular formula is C17H17F2IN2O4. The van der Waals surface area contributed by atoms with E-state index in [-0.39, 0.29) is 42.3 Å². The minimum Gasteiger partial charge on any atom is -0.490 e. The molecule has 2 aromatic rings. The first-order valence-electron chi connectivity index (χ1n) is 7.59. The lowest BCUT2D eigenvalue weighted by molar-refractivity contribution is 0.0805. The highest BCUT2D eigenvalue weighted by molar-refractivity contribution is 14.1. The molecule has 1 atom stereocenters. The Balaban J connectivity index is 2.37. The van der Waals surface area contributed by atoms with Crippen molar-refractivity contribution in [1.29, 1.82) is 0 Å².